The highest BCUT2D eigenvalue weighted by atomic mass is 19.1. The number of nitrogens with one attached hydrogen (secondary N) is 1. The average Bonchev–Trinajstić information content (AvgIpc) is 3.01. The van der Waals surface area contributed by atoms with Gasteiger partial charge in [0.05, 0.1) is 12.2 Å². The van der Waals surface area contributed by atoms with Gasteiger partial charge in [0.15, 0.2) is 11.5 Å². The summed E-state index contributed by atoms with van der Waals surface area (Å²) in [7, 11) is 1.74. The molecule has 27 heavy (non-hydrogen) atoms. The lowest BCUT2D eigenvalue weighted by Gasteiger charge is -2.54. The third kappa shape index (κ3) is 2.19. The van der Waals surface area contributed by atoms with Crippen LogP contribution in [0.25, 0.3) is 16.7 Å². The van der Waals surface area contributed by atoms with Crippen LogP contribution in [-0.2, 0) is 4.79 Å². The lowest BCUT2D eigenvalue weighted by atomic mass is 9.87. The molecule has 1 N–H and O–H groups in total. The van der Waals surface area contributed by atoms with E-state index in [1.807, 2.05) is 0 Å². The van der Waals surface area contributed by atoms with E-state index in [0.29, 0.717) is 13.0 Å². The Morgan fingerprint density at radius 2 is 2.07 bits per heavy atom. The zero-order valence-corrected chi connectivity index (χ0v) is 14.2. The van der Waals surface area contributed by atoms with Crippen molar-refractivity contribution in [3.63, 3.8) is 0 Å². The first-order valence-electron chi connectivity index (χ1n) is 8.41. The van der Waals surface area contributed by atoms with Gasteiger partial charge in [-0.1, -0.05) is 0 Å². The van der Waals surface area contributed by atoms with Crippen molar-refractivity contribution in [3.8, 4) is 5.69 Å². The van der Waals surface area contributed by atoms with Crippen molar-refractivity contribution in [2.45, 2.75) is 18.5 Å². The van der Waals surface area contributed by atoms with Crippen LogP contribution in [0, 0.1) is 11.6 Å². The maximum absolute atomic E-state index is 14.2. The number of piperidine rings is 1. The first-order chi connectivity index (χ1) is 12.9. The normalized spacial score (nSPS) is 21.7. The number of fused-ring (bicyclic) bond motifs is 3. The Morgan fingerprint density at radius 3 is 2.81 bits per heavy atom. The summed E-state index contributed by atoms with van der Waals surface area (Å²) in [4.78, 5) is 35.3. The van der Waals surface area contributed by atoms with Gasteiger partial charge >= 0.3 is 0 Å². The number of benzene rings is 1. The fourth-order valence-electron chi connectivity index (χ4n) is 3.82. The highest BCUT2D eigenvalue weighted by molar-refractivity contribution is 5.89. The Morgan fingerprint density at radius 1 is 1.26 bits per heavy atom. The number of nitrogens with zero attached hydrogens (tertiary/aromatic N) is 5. The number of carbonyl (C=O) groups is 1. The zero-order valence-electron chi connectivity index (χ0n) is 14.2. The van der Waals surface area contributed by atoms with Crippen LogP contribution in [0.5, 0.6) is 0 Å². The molecular formula is C17H14F2N6O2. The number of aromatic nitrogens is 4. The lowest BCUT2D eigenvalue weighted by molar-refractivity contribution is -0.138. The number of hydrogen-bond donors (Lipinski definition) is 1. The van der Waals surface area contributed by atoms with Crippen molar-refractivity contribution in [2.75, 3.05) is 18.5 Å². The lowest BCUT2D eigenvalue weighted by Crippen LogP contribution is -2.71. The molecule has 2 atom stereocenters. The van der Waals surface area contributed by atoms with Gasteiger partial charge in [0, 0.05) is 19.7 Å². The minimum atomic E-state index is -0.818. The molecule has 3 saturated heterocycles. The molecule has 0 radical (unpaired) electrons. The molecule has 3 aromatic rings. The van der Waals surface area contributed by atoms with Gasteiger partial charge in [-0.3, -0.25) is 14.6 Å². The standard InChI is InChI=1S/C17H14F2N6O2/c1-23-7-9-5-13(16(23)27)24(9)17-21-14-10(15(26)22-17)6-20-25(14)12-3-2-8(18)4-11(12)19/h2-4,6,9,13H,5,7H2,1H3,(H,21,22,26). The van der Waals surface area contributed by atoms with Gasteiger partial charge in [-0.15, -0.1) is 0 Å². The van der Waals surface area contributed by atoms with Crippen LogP contribution in [0.4, 0.5) is 14.7 Å². The predicted molar refractivity (Wildman–Crippen MR) is 91.7 cm³/mol. The number of aromatic amines is 1. The summed E-state index contributed by atoms with van der Waals surface area (Å²) in [5.41, 5.74) is -0.311. The number of halogens is 2. The van der Waals surface area contributed by atoms with Crippen LogP contribution in [-0.4, -0.2) is 56.2 Å². The van der Waals surface area contributed by atoms with Gasteiger partial charge in [0.25, 0.3) is 5.56 Å². The van der Waals surface area contributed by atoms with Crippen LogP contribution in [0.3, 0.4) is 0 Å². The molecule has 2 unspecified atom stereocenters. The molecule has 138 valence electrons. The third-order valence-corrected chi connectivity index (χ3v) is 5.18. The Balaban J connectivity index is 1.65. The fourth-order valence-corrected chi connectivity index (χ4v) is 3.82. The molecule has 3 aliphatic heterocycles. The van der Waals surface area contributed by atoms with Gasteiger partial charge in [0.2, 0.25) is 11.9 Å². The van der Waals surface area contributed by atoms with Crippen LogP contribution < -0.4 is 10.5 Å². The SMILES string of the molecule is CN1CC2CC(C1=O)N2c1nc2c(cnn2-c2ccc(F)cc2F)c(=O)[nH]1. The van der Waals surface area contributed by atoms with Gasteiger partial charge in [-0.25, -0.2) is 13.5 Å². The summed E-state index contributed by atoms with van der Waals surface area (Å²) >= 11 is 0. The molecule has 0 aliphatic carbocycles. The van der Waals surface area contributed by atoms with E-state index >= 15 is 0 Å². The van der Waals surface area contributed by atoms with Crippen molar-refractivity contribution in [1.29, 1.82) is 0 Å². The van der Waals surface area contributed by atoms with E-state index in [1.54, 1.807) is 16.8 Å². The molecule has 3 aliphatic rings. The topological polar surface area (TPSA) is 87.1 Å². The molecule has 2 bridgehead atoms. The van der Waals surface area contributed by atoms with E-state index in [0.717, 1.165) is 16.8 Å². The smallest absolute Gasteiger partial charge is 0.263 e. The summed E-state index contributed by atoms with van der Waals surface area (Å²) in [6, 6.07) is 2.78. The van der Waals surface area contributed by atoms with Crippen LogP contribution in [0.2, 0.25) is 0 Å². The van der Waals surface area contributed by atoms with Crippen LogP contribution >= 0.6 is 0 Å². The summed E-state index contributed by atoms with van der Waals surface area (Å²) < 4.78 is 28.6. The number of amides is 1. The maximum atomic E-state index is 14.2. The molecule has 0 spiro atoms. The molecular weight excluding hydrogens is 358 g/mol. The second-order valence-corrected chi connectivity index (χ2v) is 6.81. The Kier molecular flexibility index (Phi) is 3.15. The molecule has 0 saturated carbocycles. The summed E-state index contributed by atoms with van der Waals surface area (Å²) in [5, 5.41) is 4.22. The van der Waals surface area contributed by atoms with Gasteiger partial charge in [-0.2, -0.15) is 10.1 Å². The molecule has 8 nitrogen and oxygen atoms in total. The largest absolute Gasteiger partial charge is 0.342 e. The van der Waals surface area contributed by atoms with E-state index in [1.165, 1.54) is 12.3 Å². The van der Waals surface area contributed by atoms with Gasteiger partial charge < -0.3 is 9.80 Å². The number of piperazine rings is 1. The minimum Gasteiger partial charge on any atom is -0.342 e. The molecule has 3 fully saturated rings. The van der Waals surface area contributed by atoms with Crippen molar-refractivity contribution in [1.82, 2.24) is 24.6 Å². The number of rotatable bonds is 2. The number of carbonyl (C=O) groups excluding carboxylic acids is 1. The first-order valence-corrected chi connectivity index (χ1v) is 8.41. The summed E-state index contributed by atoms with van der Waals surface area (Å²) in [5.74, 6) is -1.31. The number of hydrogen-bond acceptors (Lipinski definition) is 5. The molecule has 1 amide bonds. The van der Waals surface area contributed by atoms with E-state index in [9.17, 15) is 18.4 Å². The van der Waals surface area contributed by atoms with Crippen LogP contribution in [0.1, 0.15) is 6.42 Å². The Bertz CT molecular complexity index is 1160. The monoisotopic (exact) mass is 372 g/mol. The number of anilines is 1. The van der Waals surface area contributed by atoms with Crippen molar-refractivity contribution < 1.29 is 13.6 Å². The second kappa shape index (κ2) is 5.35. The summed E-state index contributed by atoms with van der Waals surface area (Å²) in [6.45, 7) is 0.545. The van der Waals surface area contributed by atoms with E-state index in [4.69, 9.17) is 0 Å². The highest BCUT2D eigenvalue weighted by Crippen LogP contribution is 2.35. The predicted octanol–water partition coefficient (Wildman–Crippen LogP) is 0.806. The molecule has 2 aromatic heterocycles. The zero-order chi connectivity index (χ0) is 18.9. The van der Waals surface area contributed by atoms with Crippen molar-refractivity contribution in [3.05, 3.63) is 46.4 Å². The quantitative estimate of drug-likeness (QED) is 0.719. The summed E-state index contributed by atoms with van der Waals surface area (Å²) in [6.07, 6.45) is 1.99. The first kappa shape index (κ1) is 15.9. The minimum absolute atomic E-state index is 0.0185. The fraction of sp³-hybridized carbons (Fsp3) is 0.294. The van der Waals surface area contributed by atoms with Crippen molar-refractivity contribution in [2.24, 2.45) is 0 Å². The number of likely N-dealkylation sites (N-methyl/N-ethyl adjacent to an activating group) is 1. The Labute approximate surface area is 151 Å². The highest BCUT2D eigenvalue weighted by Gasteiger charge is 2.50. The Hall–Kier alpha value is -3.30. The number of H-pyrrole nitrogens is 1. The maximum Gasteiger partial charge on any atom is 0.263 e. The molecule has 5 heterocycles. The second-order valence-electron chi connectivity index (χ2n) is 6.81. The van der Waals surface area contributed by atoms with Gasteiger partial charge in [-0.05, 0) is 18.6 Å². The molecule has 6 rings (SSSR count). The van der Waals surface area contributed by atoms with E-state index < -0.39 is 17.2 Å². The average molecular weight is 372 g/mol. The van der Waals surface area contributed by atoms with Crippen LogP contribution in [0.15, 0.2) is 29.2 Å². The molecule has 1 aromatic carbocycles. The third-order valence-electron chi connectivity index (χ3n) is 5.18. The van der Waals surface area contributed by atoms with Crippen molar-refractivity contribution >= 4 is 22.9 Å². The van der Waals surface area contributed by atoms with Gasteiger partial charge in [0.1, 0.15) is 22.9 Å². The van der Waals surface area contributed by atoms with E-state index in [2.05, 4.69) is 15.1 Å². The van der Waals surface area contributed by atoms with E-state index in [-0.39, 0.29) is 40.7 Å². The molecule has 10 heteroatoms.